The lowest BCUT2D eigenvalue weighted by atomic mass is 9.79. The quantitative estimate of drug-likeness (QED) is 0.805. The van der Waals surface area contributed by atoms with E-state index in [1.807, 2.05) is 0 Å². The van der Waals surface area contributed by atoms with E-state index in [-0.39, 0.29) is 12.1 Å². The summed E-state index contributed by atoms with van der Waals surface area (Å²) < 4.78 is 0. The minimum Gasteiger partial charge on any atom is -0.480 e. The van der Waals surface area contributed by atoms with E-state index in [0.29, 0.717) is 24.8 Å². The fourth-order valence-electron chi connectivity index (χ4n) is 3.20. The van der Waals surface area contributed by atoms with Crippen LogP contribution in [0.4, 0.5) is 4.79 Å². The molecular weight excluding hydrogens is 244 g/mol. The smallest absolute Gasteiger partial charge is 0.326 e. The molecule has 2 N–H and O–H groups in total. The second-order valence-corrected chi connectivity index (χ2v) is 6.10. The minimum atomic E-state index is -0.890. The summed E-state index contributed by atoms with van der Waals surface area (Å²) in [5.74, 6) is 0.442. The minimum absolute atomic E-state index is 0.198. The van der Waals surface area contributed by atoms with Gasteiger partial charge in [0.2, 0.25) is 0 Å². The Bertz CT molecular complexity index is 359. The Morgan fingerprint density at radius 2 is 1.89 bits per heavy atom. The Labute approximate surface area is 114 Å². The van der Waals surface area contributed by atoms with Crippen molar-refractivity contribution in [2.45, 2.75) is 58.0 Å². The van der Waals surface area contributed by atoms with Gasteiger partial charge in [-0.05, 0) is 43.9 Å². The molecule has 1 saturated heterocycles. The largest absolute Gasteiger partial charge is 0.480 e. The number of carboxylic acids is 1. The number of likely N-dealkylation sites (tertiary alicyclic amines) is 1. The monoisotopic (exact) mass is 268 g/mol. The molecule has 108 valence electrons. The Morgan fingerprint density at radius 3 is 2.53 bits per heavy atom. The molecule has 5 heteroatoms. The summed E-state index contributed by atoms with van der Waals surface area (Å²) in [4.78, 5) is 24.7. The second-order valence-electron chi connectivity index (χ2n) is 6.10. The highest BCUT2D eigenvalue weighted by atomic mass is 16.4. The average Bonchev–Trinajstić information content (AvgIpc) is 2.83. The third-order valence-corrected chi connectivity index (χ3v) is 4.72. The van der Waals surface area contributed by atoms with Crippen LogP contribution in [0.2, 0.25) is 0 Å². The van der Waals surface area contributed by atoms with E-state index in [1.165, 1.54) is 4.90 Å². The van der Waals surface area contributed by atoms with Gasteiger partial charge in [-0.25, -0.2) is 9.59 Å². The summed E-state index contributed by atoms with van der Waals surface area (Å²) in [5.41, 5.74) is 0. The van der Waals surface area contributed by atoms with Gasteiger partial charge in [0.05, 0.1) is 0 Å². The molecular formula is C14H24N2O3. The first-order valence-corrected chi connectivity index (χ1v) is 7.29. The van der Waals surface area contributed by atoms with Crippen molar-refractivity contribution < 1.29 is 14.7 Å². The normalized spacial score (nSPS) is 35.2. The van der Waals surface area contributed by atoms with Crippen LogP contribution in [0, 0.1) is 11.8 Å². The zero-order valence-electron chi connectivity index (χ0n) is 11.8. The number of urea groups is 1. The number of hydrogen-bond donors (Lipinski definition) is 2. The van der Waals surface area contributed by atoms with Crippen LogP contribution in [0.1, 0.15) is 46.0 Å². The first kappa shape index (κ1) is 14.2. The van der Waals surface area contributed by atoms with Crippen LogP contribution in [0.5, 0.6) is 0 Å². The molecule has 1 saturated carbocycles. The number of carboxylic acid groups (broad SMARTS) is 1. The summed E-state index contributed by atoms with van der Waals surface area (Å²) in [7, 11) is 0. The third-order valence-electron chi connectivity index (χ3n) is 4.72. The number of nitrogens with one attached hydrogen (secondary N) is 1. The molecule has 2 amide bonds. The summed E-state index contributed by atoms with van der Waals surface area (Å²) in [6.45, 7) is 5.03. The number of aliphatic carboxylic acids is 1. The van der Waals surface area contributed by atoms with Crippen LogP contribution in [0.25, 0.3) is 0 Å². The molecule has 0 bridgehead atoms. The second kappa shape index (κ2) is 5.80. The van der Waals surface area contributed by atoms with E-state index in [9.17, 15) is 9.59 Å². The van der Waals surface area contributed by atoms with Crippen molar-refractivity contribution in [3.8, 4) is 0 Å². The van der Waals surface area contributed by atoms with Crippen LogP contribution in [0.15, 0.2) is 0 Å². The molecule has 0 radical (unpaired) electrons. The number of carbonyl (C=O) groups excluding carboxylic acids is 1. The zero-order chi connectivity index (χ0) is 14.0. The maximum absolute atomic E-state index is 12.2. The van der Waals surface area contributed by atoms with Crippen LogP contribution in [-0.2, 0) is 4.79 Å². The van der Waals surface area contributed by atoms with Crippen molar-refractivity contribution in [2.75, 3.05) is 6.54 Å². The van der Waals surface area contributed by atoms with Gasteiger partial charge in [-0.1, -0.05) is 13.8 Å². The SMILES string of the molecule is CC1CCC(NC(=O)N2CCC[C@@H]2C(=O)O)CC1C. The number of amides is 2. The Morgan fingerprint density at radius 1 is 1.16 bits per heavy atom. The van der Waals surface area contributed by atoms with Gasteiger partial charge >= 0.3 is 12.0 Å². The van der Waals surface area contributed by atoms with Crippen molar-refractivity contribution in [1.29, 1.82) is 0 Å². The number of nitrogens with zero attached hydrogens (tertiary/aromatic N) is 1. The predicted molar refractivity (Wildman–Crippen MR) is 71.9 cm³/mol. The molecule has 0 aromatic heterocycles. The fourth-order valence-corrected chi connectivity index (χ4v) is 3.20. The molecule has 3 unspecified atom stereocenters. The summed E-state index contributed by atoms with van der Waals surface area (Å²) >= 11 is 0. The van der Waals surface area contributed by atoms with Crippen molar-refractivity contribution in [1.82, 2.24) is 10.2 Å². The molecule has 2 aliphatic rings. The first-order chi connectivity index (χ1) is 8.99. The van der Waals surface area contributed by atoms with E-state index >= 15 is 0 Å². The predicted octanol–water partition coefficient (Wildman–Crippen LogP) is 2.07. The molecule has 2 fully saturated rings. The third kappa shape index (κ3) is 3.19. The molecule has 0 aromatic carbocycles. The van der Waals surface area contributed by atoms with E-state index < -0.39 is 12.0 Å². The zero-order valence-corrected chi connectivity index (χ0v) is 11.8. The maximum atomic E-state index is 12.2. The Hall–Kier alpha value is -1.26. The highest BCUT2D eigenvalue weighted by Crippen LogP contribution is 2.29. The van der Waals surface area contributed by atoms with Gasteiger partial charge in [-0.15, -0.1) is 0 Å². The molecule has 5 nitrogen and oxygen atoms in total. The van der Waals surface area contributed by atoms with Crippen molar-refractivity contribution >= 4 is 12.0 Å². The summed E-state index contributed by atoms with van der Waals surface area (Å²) in [5, 5.41) is 12.1. The van der Waals surface area contributed by atoms with Crippen molar-refractivity contribution in [2.24, 2.45) is 11.8 Å². The summed E-state index contributed by atoms with van der Waals surface area (Å²) in [6, 6.07) is -0.634. The Kier molecular flexibility index (Phi) is 4.32. The molecule has 0 spiro atoms. The number of carbonyl (C=O) groups is 2. The van der Waals surface area contributed by atoms with Crippen LogP contribution in [-0.4, -0.2) is 40.6 Å². The van der Waals surface area contributed by atoms with Crippen LogP contribution < -0.4 is 5.32 Å². The first-order valence-electron chi connectivity index (χ1n) is 7.29. The van der Waals surface area contributed by atoms with Crippen molar-refractivity contribution in [3.05, 3.63) is 0 Å². The van der Waals surface area contributed by atoms with Gasteiger partial charge in [-0.2, -0.15) is 0 Å². The molecule has 1 heterocycles. The van der Waals surface area contributed by atoms with E-state index in [4.69, 9.17) is 5.11 Å². The van der Waals surface area contributed by atoms with Gasteiger partial charge in [0, 0.05) is 12.6 Å². The topological polar surface area (TPSA) is 69.6 Å². The van der Waals surface area contributed by atoms with Gasteiger partial charge in [0.1, 0.15) is 6.04 Å². The van der Waals surface area contributed by atoms with Gasteiger partial charge < -0.3 is 15.3 Å². The van der Waals surface area contributed by atoms with E-state index in [0.717, 1.165) is 25.7 Å². The molecule has 0 aromatic rings. The lowest BCUT2D eigenvalue weighted by molar-refractivity contribution is -0.141. The lowest BCUT2D eigenvalue weighted by Gasteiger charge is -2.34. The van der Waals surface area contributed by atoms with Crippen LogP contribution >= 0.6 is 0 Å². The lowest BCUT2D eigenvalue weighted by Crippen LogP contribution is -2.50. The average molecular weight is 268 g/mol. The molecule has 1 aliphatic heterocycles. The maximum Gasteiger partial charge on any atom is 0.326 e. The highest BCUT2D eigenvalue weighted by molar-refractivity contribution is 5.83. The van der Waals surface area contributed by atoms with Crippen molar-refractivity contribution in [3.63, 3.8) is 0 Å². The molecule has 1 aliphatic carbocycles. The van der Waals surface area contributed by atoms with E-state index in [1.54, 1.807) is 0 Å². The molecule has 2 rings (SSSR count). The summed E-state index contributed by atoms with van der Waals surface area (Å²) in [6.07, 6.45) is 4.49. The number of rotatable bonds is 2. The van der Waals surface area contributed by atoms with E-state index in [2.05, 4.69) is 19.2 Å². The van der Waals surface area contributed by atoms with Gasteiger partial charge in [0.15, 0.2) is 0 Å². The fraction of sp³-hybridized carbons (Fsp3) is 0.857. The van der Waals surface area contributed by atoms with Gasteiger partial charge in [0.25, 0.3) is 0 Å². The molecule has 19 heavy (non-hydrogen) atoms. The van der Waals surface area contributed by atoms with Gasteiger partial charge in [-0.3, -0.25) is 0 Å². The standard InChI is InChI=1S/C14H24N2O3/c1-9-5-6-11(8-10(9)2)15-14(19)16-7-3-4-12(16)13(17)18/h9-12H,3-8H2,1-2H3,(H,15,19)(H,17,18)/t9?,10?,11?,12-/m1/s1. The highest BCUT2D eigenvalue weighted by Gasteiger charge is 2.35. The Balaban J connectivity index is 1.89. The number of hydrogen-bond acceptors (Lipinski definition) is 2. The van der Waals surface area contributed by atoms with Crippen LogP contribution in [0.3, 0.4) is 0 Å². The molecule has 4 atom stereocenters.